The fraction of sp³-hybridized carbons (Fsp3) is 0.263. The maximum absolute atomic E-state index is 12.5. The molecule has 0 spiro atoms. The number of nitrogens with zero attached hydrogens (tertiary/aromatic N) is 1. The first-order valence-corrected chi connectivity index (χ1v) is 10.9. The van der Waals surface area contributed by atoms with Gasteiger partial charge in [-0.25, -0.2) is 13.2 Å². The molecular formula is C19H20Cl2N2O5S. The molecule has 2 rings (SSSR count). The summed E-state index contributed by atoms with van der Waals surface area (Å²) in [5, 5.41) is 2.77. The highest BCUT2D eigenvalue weighted by molar-refractivity contribution is 7.89. The van der Waals surface area contributed by atoms with Gasteiger partial charge < -0.3 is 10.1 Å². The highest BCUT2D eigenvalue weighted by atomic mass is 35.5. The highest BCUT2D eigenvalue weighted by Gasteiger charge is 2.21. The number of benzene rings is 2. The number of carbonyl (C=O) groups excluding carboxylic acids is 2. The number of hydrogen-bond acceptors (Lipinski definition) is 5. The fourth-order valence-corrected chi connectivity index (χ4v) is 4.33. The van der Waals surface area contributed by atoms with E-state index in [1.54, 1.807) is 19.9 Å². The normalized spacial score (nSPS) is 11.3. The van der Waals surface area contributed by atoms with Gasteiger partial charge in [0.25, 0.3) is 5.91 Å². The van der Waals surface area contributed by atoms with Gasteiger partial charge in [-0.2, -0.15) is 4.31 Å². The maximum Gasteiger partial charge on any atom is 0.340 e. The molecule has 1 amide bonds. The molecule has 29 heavy (non-hydrogen) atoms. The topological polar surface area (TPSA) is 92.8 Å². The van der Waals surface area contributed by atoms with Gasteiger partial charge in [0.2, 0.25) is 10.0 Å². The lowest BCUT2D eigenvalue weighted by Gasteiger charge is -2.18. The van der Waals surface area contributed by atoms with E-state index in [0.717, 1.165) is 0 Å². The van der Waals surface area contributed by atoms with E-state index in [2.05, 4.69) is 5.32 Å². The Morgan fingerprint density at radius 3 is 2.24 bits per heavy atom. The SMILES string of the molecule is CCN(CC)S(=O)(=O)c1ccc(NC(=O)COC(=O)c2cccc(Cl)c2Cl)cc1. The van der Waals surface area contributed by atoms with Crippen molar-refractivity contribution < 1.29 is 22.7 Å². The second-order valence-corrected chi connectivity index (χ2v) is 8.56. The summed E-state index contributed by atoms with van der Waals surface area (Å²) in [4.78, 5) is 24.2. The molecule has 0 unspecified atom stereocenters. The van der Waals surface area contributed by atoms with E-state index in [4.69, 9.17) is 27.9 Å². The van der Waals surface area contributed by atoms with Crippen LogP contribution in [-0.4, -0.2) is 44.3 Å². The van der Waals surface area contributed by atoms with E-state index in [-0.39, 0.29) is 20.5 Å². The third-order valence-electron chi connectivity index (χ3n) is 3.99. The standard InChI is InChI=1S/C19H20Cl2N2O5S/c1-3-23(4-2)29(26,27)14-10-8-13(9-11-14)22-17(24)12-28-19(25)15-6-5-7-16(20)18(15)21/h5-11H,3-4,12H2,1-2H3,(H,22,24). The minimum absolute atomic E-state index is 0.0459. The van der Waals surface area contributed by atoms with Crippen molar-refractivity contribution in [3.63, 3.8) is 0 Å². The minimum atomic E-state index is -3.58. The highest BCUT2D eigenvalue weighted by Crippen LogP contribution is 2.26. The van der Waals surface area contributed by atoms with E-state index in [0.29, 0.717) is 18.8 Å². The number of esters is 1. The zero-order valence-corrected chi connectivity index (χ0v) is 18.1. The Bertz CT molecular complexity index is 990. The zero-order valence-electron chi connectivity index (χ0n) is 15.8. The number of amides is 1. The van der Waals surface area contributed by atoms with Crippen LogP contribution in [0.3, 0.4) is 0 Å². The molecular weight excluding hydrogens is 439 g/mol. The second-order valence-electron chi connectivity index (χ2n) is 5.84. The number of nitrogens with one attached hydrogen (secondary N) is 1. The largest absolute Gasteiger partial charge is 0.452 e. The molecule has 0 saturated carbocycles. The number of hydrogen-bond donors (Lipinski definition) is 1. The van der Waals surface area contributed by atoms with Crippen molar-refractivity contribution in [1.82, 2.24) is 4.31 Å². The molecule has 2 aromatic rings. The Kier molecular flexibility index (Phi) is 8.04. The van der Waals surface area contributed by atoms with Gasteiger partial charge in [-0.05, 0) is 36.4 Å². The third kappa shape index (κ3) is 5.70. The van der Waals surface area contributed by atoms with Crippen LogP contribution in [0.2, 0.25) is 10.0 Å². The number of carbonyl (C=O) groups is 2. The van der Waals surface area contributed by atoms with Crippen molar-refractivity contribution in [2.45, 2.75) is 18.7 Å². The van der Waals surface area contributed by atoms with Crippen molar-refractivity contribution in [3.05, 3.63) is 58.1 Å². The molecule has 156 valence electrons. The predicted octanol–water partition coefficient (Wildman–Crippen LogP) is 3.82. The van der Waals surface area contributed by atoms with Crippen LogP contribution in [0.25, 0.3) is 0 Å². The quantitative estimate of drug-likeness (QED) is 0.606. The Hall–Kier alpha value is -2.13. The summed E-state index contributed by atoms with van der Waals surface area (Å²) < 4.78 is 31.2. The summed E-state index contributed by atoms with van der Waals surface area (Å²) in [6.45, 7) is 3.70. The number of anilines is 1. The van der Waals surface area contributed by atoms with Crippen molar-refractivity contribution >= 4 is 50.8 Å². The Morgan fingerprint density at radius 1 is 1.03 bits per heavy atom. The number of sulfonamides is 1. The van der Waals surface area contributed by atoms with Crippen molar-refractivity contribution in [2.24, 2.45) is 0 Å². The molecule has 0 radical (unpaired) electrons. The first-order valence-electron chi connectivity index (χ1n) is 8.71. The van der Waals surface area contributed by atoms with Gasteiger partial charge in [0.1, 0.15) is 0 Å². The van der Waals surface area contributed by atoms with E-state index in [1.807, 2.05) is 0 Å². The van der Waals surface area contributed by atoms with Gasteiger partial charge in [-0.1, -0.05) is 43.1 Å². The lowest BCUT2D eigenvalue weighted by atomic mass is 10.2. The van der Waals surface area contributed by atoms with E-state index < -0.39 is 28.5 Å². The van der Waals surface area contributed by atoms with E-state index in [1.165, 1.54) is 40.7 Å². The molecule has 7 nitrogen and oxygen atoms in total. The summed E-state index contributed by atoms with van der Waals surface area (Å²) in [6.07, 6.45) is 0. The van der Waals surface area contributed by atoms with Crippen LogP contribution >= 0.6 is 23.2 Å². The molecule has 1 N–H and O–H groups in total. The zero-order chi connectivity index (χ0) is 21.6. The van der Waals surface area contributed by atoms with Crippen LogP contribution in [-0.2, 0) is 19.6 Å². The minimum Gasteiger partial charge on any atom is -0.452 e. The van der Waals surface area contributed by atoms with Crippen LogP contribution < -0.4 is 5.32 Å². The molecule has 0 heterocycles. The molecule has 0 bridgehead atoms. The van der Waals surface area contributed by atoms with Gasteiger partial charge in [0.15, 0.2) is 6.61 Å². The predicted molar refractivity (Wildman–Crippen MR) is 112 cm³/mol. The summed E-state index contributed by atoms with van der Waals surface area (Å²) in [5.74, 6) is -1.37. The van der Waals surface area contributed by atoms with Gasteiger partial charge in [-0.3, -0.25) is 4.79 Å². The summed E-state index contributed by atoms with van der Waals surface area (Å²) in [7, 11) is -3.58. The average molecular weight is 459 g/mol. The van der Waals surface area contributed by atoms with Crippen LogP contribution in [0.15, 0.2) is 47.4 Å². The molecule has 0 aliphatic heterocycles. The summed E-state index contributed by atoms with van der Waals surface area (Å²) >= 11 is 11.8. The molecule has 2 aromatic carbocycles. The molecule has 0 saturated heterocycles. The number of halogens is 2. The second kappa shape index (κ2) is 10.1. The van der Waals surface area contributed by atoms with Crippen molar-refractivity contribution in [3.8, 4) is 0 Å². The van der Waals surface area contributed by atoms with Gasteiger partial charge in [0.05, 0.1) is 20.5 Å². The van der Waals surface area contributed by atoms with Crippen LogP contribution in [0.4, 0.5) is 5.69 Å². The molecule has 0 aromatic heterocycles. The third-order valence-corrected chi connectivity index (χ3v) is 6.87. The van der Waals surface area contributed by atoms with Crippen LogP contribution in [0, 0.1) is 0 Å². The van der Waals surface area contributed by atoms with Gasteiger partial charge in [-0.15, -0.1) is 0 Å². The molecule has 0 fully saturated rings. The average Bonchev–Trinajstić information content (AvgIpc) is 2.69. The Morgan fingerprint density at radius 2 is 1.66 bits per heavy atom. The Labute approximate surface area is 179 Å². The molecule has 0 atom stereocenters. The summed E-state index contributed by atoms with van der Waals surface area (Å²) in [5.41, 5.74) is 0.420. The Balaban J connectivity index is 1.97. The first-order chi connectivity index (χ1) is 13.7. The van der Waals surface area contributed by atoms with Gasteiger partial charge >= 0.3 is 5.97 Å². The summed E-state index contributed by atoms with van der Waals surface area (Å²) in [6, 6.07) is 10.2. The first kappa shape index (κ1) is 23.2. The number of ether oxygens (including phenoxy) is 1. The number of rotatable bonds is 8. The lowest BCUT2D eigenvalue weighted by Crippen LogP contribution is -2.30. The van der Waals surface area contributed by atoms with Crippen LogP contribution in [0.5, 0.6) is 0 Å². The molecule has 0 aliphatic rings. The smallest absolute Gasteiger partial charge is 0.340 e. The maximum atomic E-state index is 12.5. The van der Waals surface area contributed by atoms with Crippen LogP contribution in [0.1, 0.15) is 24.2 Å². The van der Waals surface area contributed by atoms with E-state index >= 15 is 0 Å². The monoisotopic (exact) mass is 458 g/mol. The van der Waals surface area contributed by atoms with Crippen molar-refractivity contribution in [2.75, 3.05) is 25.0 Å². The molecule has 0 aliphatic carbocycles. The van der Waals surface area contributed by atoms with E-state index in [9.17, 15) is 18.0 Å². The fourth-order valence-electron chi connectivity index (χ4n) is 2.49. The lowest BCUT2D eigenvalue weighted by molar-refractivity contribution is -0.119. The molecule has 10 heteroatoms. The van der Waals surface area contributed by atoms with Gasteiger partial charge in [0, 0.05) is 18.8 Å². The van der Waals surface area contributed by atoms with Crippen molar-refractivity contribution in [1.29, 1.82) is 0 Å².